The van der Waals surface area contributed by atoms with Gasteiger partial charge >= 0.3 is 0 Å². The lowest BCUT2D eigenvalue weighted by molar-refractivity contribution is -0.115. The van der Waals surface area contributed by atoms with Crippen molar-refractivity contribution in [1.82, 2.24) is 15.2 Å². The van der Waals surface area contributed by atoms with Crippen LogP contribution in [0.1, 0.15) is 23.2 Å². The Balaban J connectivity index is 1.75. The van der Waals surface area contributed by atoms with Crippen molar-refractivity contribution in [2.45, 2.75) is 26.7 Å². The summed E-state index contributed by atoms with van der Waals surface area (Å²) in [5.41, 5.74) is 4.86. The molecule has 0 atom stereocenters. The molecule has 2 aromatic heterocycles. The molecule has 1 amide bonds. The summed E-state index contributed by atoms with van der Waals surface area (Å²) in [6.07, 6.45) is 1.04. The highest BCUT2D eigenvalue weighted by atomic mass is 32.1. The Bertz CT molecular complexity index is 1140. The first-order chi connectivity index (χ1) is 13.7. The molecule has 28 heavy (non-hydrogen) atoms. The standard InChI is InChI=1S/C22H20N4OS/c1-3-20-25-26-22(28-20)24-19(27)13-17-14(2)23-18-12-8-7-11-16(18)21(17)15-9-5-4-6-10-15/h4-12H,3,13H2,1-2H3,(H,24,26,27). The number of pyridine rings is 1. The van der Waals surface area contributed by atoms with Crippen molar-refractivity contribution in [3.8, 4) is 11.1 Å². The fourth-order valence-corrected chi connectivity index (χ4v) is 3.99. The number of hydrogen-bond acceptors (Lipinski definition) is 5. The molecule has 0 bridgehead atoms. The molecule has 2 heterocycles. The van der Waals surface area contributed by atoms with Crippen LogP contribution in [0, 0.1) is 6.92 Å². The smallest absolute Gasteiger partial charge is 0.230 e. The first kappa shape index (κ1) is 18.3. The summed E-state index contributed by atoms with van der Waals surface area (Å²) in [7, 11) is 0. The van der Waals surface area contributed by atoms with Gasteiger partial charge in [-0.15, -0.1) is 10.2 Å². The summed E-state index contributed by atoms with van der Waals surface area (Å²) in [5.74, 6) is -0.115. The second-order valence-corrected chi connectivity index (χ2v) is 7.58. The lowest BCUT2D eigenvalue weighted by atomic mass is 9.92. The summed E-state index contributed by atoms with van der Waals surface area (Å²) in [6, 6.07) is 18.2. The maximum Gasteiger partial charge on any atom is 0.230 e. The fraction of sp³-hybridized carbons (Fsp3) is 0.182. The minimum absolute atomic E-state index is 0.115. The average Bonchev–Trinajstić information content (AvgIpc) is 3.16. The van der Waals surface area contributed by atoms with E-state index in [-0.39, 0.29) is 12.3 Å². The molecule has 0 saturated heterocycles. The maximum absolute atomic E-state index is 12.8. The van der Waals surface area contributed by atoms with Gasteiger partial charge in [0.05, 0.1) is 11.9 Å². The summed E-state index contributed by atoms with van der Waals surface area (Å²) in [4.78, 5) is 17.5. The van der Waals surface area contributed by atoms with E-state index in [1.54, 1.807) is 0 Å². The van der Waals surface area contributed by atoms with E-state index in [4.69, 9.17) is 4.98 Å². The van der Waals surface area contributed by atoms with Crippen molar-refractivity contribution in [3.05, 3.63) is 70.9 Å². The van der Waals surface area contributed by atoms with Crippen molar-refractivity contribution >= 4 is 33.3 Å². The quantitative estimate of drug-likeness (QED) is 0.533. The molecule has 0 aliphatic rings. The van der Waals surface area contributed by atoms with Crippen LogP contribution in [0.3, 0.4) is 0 Å². The molecule has 6 heteroatoms. The summed E-state index contributed by atoms with van der Waals surface area (Å²) in [6.45, 7) is 3.98. The molecular formula is C22H20N4OS. The fourth-order valence-electron chi connectivity index (χ4n) is 3.30. The highest BCUT2D eigenvalue weighted by molar-refractivity contribution is 7.15. The molecule has 1 N–H and O–H groups in total. The largest absolute Gasteiger partial charge is 0.300 e. The number of fused-ring (bicyclic) bond motifs is 1. The van der Waals surface area contributed by atoms with Gasteiger partial charge in [-0.25, -0.2) is 0 Å². The molecule has 0 aliphatic carbocycles. The zero-order valence-corrected chi connectivity index (χ0v) is 16.6. The minimum atomic E-state index is -0.115. The zero-order chi connectivity index (χ0) is 19.5. The molecule has 140 valence electrons. The third kappa shape index (κ3) is 3.64. The summed E-state index contributed by atoms with van der Waals surface area (Å²) in [5, 5.41) is 13.5. The number of aryl methyl sites for hydroxylation is 2. The van der Waals surface area contributed by atoms with Crippen LogP contribution in [0.5, 0.6) is 0 Å². The topological polar surface area (TPSA) is 67.8 Å². The van der Waals surface area contributed by atoms with Crippen molar-refractivity contribution in [2.75, 3.05) is 5.32 Å². The third-order valence-corrected chi connectivity index (χ3v) is 5.60. The SMILES string of the molecule is CCc1nnc(NC(=O)Cc2c(C)nc3ccccc3c2-c2ccccc2)s1. The van der Waals surface area contributed by atoms with E-state index in [0.717, 1.165) is 44.7 Å². The molecule has 0 saturated carbocycles. The number of nitrogens with one attached hydrogen (secondary N) is 1. The van der Waals surface area contributed by atoms with Crippen LogP contribution < -0.4 is 5.32 Å². The zero-order valence-electron chi connectivity index (χ0n) is 15.8. The van der Waals surface area contributed by atoms with Crippen LogP contribution in [-0.4, -0.2) is 21.1 Å². The number of carbonyl (C=O) groups is 1. The lowest BCUT2D eigenvalue weighted by Crippen LogP contribution is -2.16. The first-order valence-corrected chi connectivity index (χ1v) is 10.0. The number of para-hydroxylation sites is 1. The van der Waals surface area contributed by atoms with E-state index in [0.29, 0.717) is 5.13 Å². The van der Waals surface area contributed by atoms with Gasteiger partial charge in [0.1, 0.15) is 5.01 Å². The van der Waals surface area contributed by atoms with E-state index in [1.165, 1.54) is 11.3 Å². The average molecular weight is 388 g/mol. The number of nitrogens with zero attached hydrogens (tertiary/aromatic N) is 3. The predicted octanol–water partition coefficient (Wildman–Crippen LogP) is 4.81. The van der Waals surface area contributed by atoms with Crippen LogP contribution >= 0.6 is 11.3 Å². The Morgan fingerprint density at radius 1 is 1.04 bits per heavy atom. The molecule has 2 aromatic carbocycles. The summed E-state index contributed by atoms with van der Waals surface area (Å²) < 4.78 is 0. The molecule has 0 aliphatic heterocycles. The third-order valence-electron chi connectivity index (χ3n) is 4.62. The summed E-state index contributed by atoms with van der Waals surface area (Å²) >= 11 is 1.41. The van der Waals surface area contributed by atoms with E-state index in [2.05, 4.69) is 33.7 Å². The first-order valence-electron chi connectivity index (χ1n) is 9.21. The van der Waals surface area contributed by atoms with Crippen molar-refractivity contribution < 1.29 is 4.79 Å². The Hall–Kier alpha value is -3.12. The Morgan fingerprint density at radius 3 is 2.54 bits per heavy atom. The molecule has 5 nitrogen and oxygen atoms in total. The number of anilines is 1. The number of hydrogen-bond donors (Lipinski definition) is 1. The van der Waals surface area contributed by atoms with Gasteiger partial charge in [0.25, 0.3) is 0 Å². The number of rotatable bonds is 5. The van der Waals surface area contributed by atoms with Gasteiger partial charge in [-0.1, -0.05) is 66.8 Å². The Kier molecular flexibility index (Phi) is 5.12. The molecule has 0 unspecified atom stereocenters. The van der Waals surface area contributed by atoms with Crippen molar-refractivity contribution in [3.63, 3.8) is 0 Å². The predicted molar refractivity (Wildman–Crippen MR) is 114 cm³/mol. The minimum Gasteiger partial charge on any atom is -0.300 e. The maximum atomic E-state index is 12.8. The molecule has 4 aromatic rings. The highest BCUT2D eigenvalue weighted by Gasteiger charge is 2.18. The second-order valence-electron chi connectivity index (χ2n) is 6.51. The lowest BCUT2D eigenvalue weighted by Gasteiger charge is -2.15. The van der Waals surface area contributed by atoms with Crippen LogP contribution in [0.25, 0.3) is 22.0 Å². The van der Waals surface area contributed by atoms with Crippen LogP contribution in [0.4, 0.5) is 5.13 Å². The number of amides is 1. The van der Waals surface area contributed by atoms with E-state index in [1.807, 2.05) is 50.2 Å². The van der Waals surface area contributed by atoms with E-state index in [9.17, 15) is 4.79 Å². The number of aromatic nitrogens is 3. The number of carbonyl (C=O) groups excluding carboxylic acids is 1. The van der Waals surface area contributed by atoms with Crippen LogP contribution in [0.15, 0.2) is 54.6 Å². The van der Waals surface area contributed by atoms with Gasteiger partial charge in [0, 0.05) is 11.1 Å². The van der Waals surface area contributed by atoms with Gasteiger partial charge in [0.15, 0.2) is 0 Å². The van der Waals surface area contributed by atoms with Gasteiger partial charge in [0.2, 0.25) is 11.0 Å². The highest BCUT2D eigenvalue weighted by Crippen LogP contribution is 2.33. The van der Waals surface area contributed by atoms with Crippen LogP contribution in [-0.2, 0) is 17.6 Å². The van der Waals surface area contributed by atoms with Gasteiger partial charge in [-0.2, -0.15) is 0 Å². The van der Waals surface area contributed by atoms with E-state index >= 15 is 0 Å². The normalized spacial score (nSPS) is 10.9. The monoisotopic (exact) mass is 388 g/mol. The van der Waals surface area contributed by atoms with Gasteiger partial charge in [-0.05, 0) is 36.1 Å². The molecule has 0 fully saturated rings. The molecule has 0 radical (unpaired) electrons. The van der Waals surface area contributed by atoms with Crippen molar-refractivity contribution in [2.24, 2.45) is 0 Å². The van der Waals surface area contributed by atoms with Crippen LogP contribution in [0.2, 0.25) is 0 Å². The molecular weight excluding hydrogens is 368 g/mol. The van der Waals surface area contributed by atoms with Gasteiger partial charge < -0.3 is 5.32 Å². The Labute approximate surface area is 167 Å². The van der Waals surface area contributed by atoms with E-state index < -0.39 is 0 Å². The molecule has 0 spiro atoms. The second kappa shape index (κ2) is 7.86. The van der Waals surface area contributed by atoms with Crippen molar-refractivity contribution in [1.29, 1.82) is 0 Å². The Morgan fingerprint density at radius 2 is 1.79 bits per heavy atom. The number of benzene rings is 2. The molecule has 4 rings (SSSR count). The van der Waals surface area contributed by atoms with Gasteiger partial charge in [-0.3, -0.25) is 9.78 Å².